The van der Waals surface area contributed by atoms with Gasteiger partial charge in [-0.05, 0) is 31.4 Å². The van der Waals surface area contributed by atoms with Gasteiger partial charge in [0.1, 0.15) is 0 Å². The smallest absolute Gasteiger partial charge is 0.0594 e. The van der Waals surface area contributed by atoms with Gasteiger partial charge in [0.05, 0.1) is 18.9 Å². The Kier molecular flexibility index (Phi) is 6.61. The summed E-state index contributed by atoms with van der Waals surface area (Å²) in [5.41, 5.74) is 1.15. The molecule has 4 nitrogen and oxygen atoms in total. The summed E-state index contributed by atoms with van der Waals surface area (Å²) in [6.45, 7) is 11.6. The molecule has 1 aliphatic rings. The highest BCUT2D eigenvalue weighted by Crippen LogP contribution is 2.19. The Labute approximate surface area is 128 Å². The Morgan fingerprint density at radius 3 is 2.62 bits per heavy atom. The fourth-order valence-corrected chi connectivity index (χ4v) is 2.82. The van der Waals surface area contributed by atoms with Crippen LogP contribution in [0.4, 0.5) is 0 Å². The van der Waals surface area contributed by atoms with Crippen molar-refractivity contribution < 1.29 is 4.74 Å². The van der Waals surface area contributed by atoms with Gasteiger partial charge in [0.25, 0.3) is 0 Å². The lowest BCUT2D eigenvalue weighted by Gasteiger charge is -2.33. The Hall–Kier alpha value is -0.970. The van der Waals surface area contributed by atoms with Crippen LogP contribution in [0, 0.1) is 5.92 Å². The number of rotatable bonds is 7. The van der Waals surface area contributed by atoms with Gasteiger partial charge in [0.15, 0.2) is 0 Å². The normalized spacial score (nSPS) is 19.6. The highest BCUT2D eigenvalue weighted by atomic mass is 16.5. The molecule has 0 bridgehead atoms. The molecule has 4 heteroatoms. The van der Waals surface area contributed by atoms with Crippen molar-refractivity contribution in [2.75, 3.05) is 32.8 Å². The van der Waals surface area contributed by atoms with Crippen molar-refractivity contribution in [3.8, 4) is 0 Å². The number of morpholine rings is 1. The Balaban J connectivity index is 1.89. The Bertz CT molecular complexity index is 390. The molecule has 1 aromatic rings. The second-order valence-corrected chi connectivity index (χ2v) is 6.34. The monoisotopic (exact) mass is 291 g/mol. The maximum absolute atomic E-state index is 5.43. The SMILES string of the molecule is CC(C)C[C@H](NC[C@H](C)N1CCOCC1)c1ccccn1. The van der Waals surface area contributed by atoms with Crippen molar-refractivity contribution in [2.24, 2.45) is 5.92 Å². The maximum Gasteiger partial charge on any atom is 0.0594 e. The molecule has 118 valence electrons. The third kappa shape index (κ3) is 5.38. The number of hydrogen-bond acceptors (Lipinski definition) is 4. The summed E-state index contributed by atoms with van der Waals surface area (Å²) >= 11 is 0. The predicted molar refractivity (Wildman–Crippen MR) is 86.3 cm³/mol. The molecule has 0 unspecified atom stereocenters. The van der Waals surface area contributed by atoms with E-state index in [0.29, 0.717) is 18.0 Å². The highest BCUT2D eigenvalue weighted by molar-refractivity contribution is 5.08. The molecule has 0 aromatic carbocycles. The molecular weight excluding hydrogens is 262 g/mol. The van der Waals surface area contributed by atoms with E-state index in [2.05, 4.69) is 48.1 Å². The zero-order valence-corrected chi connectivity index (χ0v) is 13.6. The molecule has 2 atom stereocenters. The van der Waals surface area contributed by atoms with Gasteiger partial charge in [0, 0.05) is 37.9 Å². The minimum absolute atomic E-state index is 0.342. The summed E-state index contributed by atoms with van der Waals surface area (Å²) < 4.78 is 5.43. The first kappa shape index (κ1) is 16.4. The van der Waals surface area contributed by atoms with Gasteiger partial charge in [-0.15, -0.1) is 0 Å². The molecule has 1 fully saturated rings. The van der Waals surface area contributed by atoms with E-state index in [1.165, 1.54) is 0 Å². The first-order valence-corrected chi connectivity index (χ1v) is 8.13. The lowest BCUT2D eigenvalue weighted by molar-refractivity contribution is 0.0197. The molecule has 0 amide bonds. The summed E-state index contributed by atoms with van der Waals surface area (Å²) in [6.07, 6.45) is 3.00. The third-order valence-corrected chi connectivity index (χ3v) is 4.08. The average molecular weight is 291 g/mol. The van der Waals surface area contributed by atoms with E-state index in [9.17, 15) is 0 Å². The fourth-order valence-electron chi connectivity index (χ4n) is 2.82. The van der Waals surface area contributed by atoms with Gasteiger partial charge in [-0.3, -0.25) is 9.88 Å². The Morgan fingerprint density at radius 2 is 2.00 bits per heavy atom. The van der Waals surface area contributed by atoms with Crippen LogP contribution in [0.3, 0.4) is 0 Å². The maximum atomic E-state index is 5.43. The largest absolute Gasteiger partial charge is 0.379 e. The number of pyridine rings is 1. The van der Waals surface area contributed by atoms with Crippen LogP contribution in [0.5, 0.6) is 0 Å². The van der Waals surface area contributed by atoms with Crippen LogP contribution in [0.2, 0.25) is 0 Å². The topological polar surface area (TPSA) is 37.4 Å². The van der Waals surface area contributed by atoms with Crippen molar-refractivity contribution >= 4 is 0 Å². The number of ether oxygens (including phenoxy) is 1. The molecule has 21 heavy (non-hydrogen) atoms. The van der Waals surface area contributed by atoms with Gasteiger partial charge in [-0.25, -0.2) is 0 Å². The van der Waals surface area contributed by atoms with Gasteiger partial charge in [-0.1, -0.05) is 19.9 Å². The van der Waals surface area contributed by atoms with Crippen molar-refractivity contribution in [1.29, 1.82) is 0 Å². The zero-order chi connectivity index (χ0) is 15.1. The Morgan fingerprint density at radius 1 is 1.24 bits per heavy atom. The molecular formula is C17H29N3O. The summed E-state index contributed by atoms with van der Waals surface area (Å²) in [6, 6.07) is 7.05. The molecule has 1 aliphatic heterocycles. The van der Waals surface area contributed by atoms with Crippen LogP contribution in [-0.2, 0) is 4.74 Å². The molecule has 2 rings (SSSR count). The number of hydrogen-bond donors (Lipinski definition) is 1. The van der Waals surface area contributed by atoms with Crippen LogP contribution in [0.15, 0.2) is 24.4 Å². The minimum Gasteiger partial charge on any atom is -0.379 e. The summed E-state index contributed by atoms with van der Waals surface area (Å²) in [7, 11) is 0. The van der Waals surface area contributed by atoms with Crippen molar-refractivity contribution in [2.45, 2.75) is 39.3 Å². The zero-order valence-electron chi connectivity index (χ0n) is 13.6. The number of aromatic nitrogens is 1. The summed E-state index contributed by atoms with van der Waals surface area (Å²) in [5, 5.41) is 3.72. The molecule has 0 spiro atoms. The first-order valence-electron chi connectivity index (χ1n) is 8.13. The van der Waals surface area contributed by atoms with E-state index < -0.39 is 0 Å². The van der Waals surface area contributed by atoms with E-state index in [-0.39, 0.29) is 0 Å². The van der Waals surface area contributed by atoms with E-state index >= 15 is 0 Å². The number of nitrogens with one attached hydrogen (secondary N) is 1. The van der Waals surface area contributed by atoms with E-state index in [1.54, 1.807) is 0 Å². The molecule has 1 N–H and O–H groups in total. The quantitative estimate of drug-likeness (QED) is 0.837. The molecule has 2 heterocycles. The van der Waals surface area contributed by atoms with Crippen LogP contribution in [0.25, 0.3) is 0 Å². The molecule has 0 saturated carbocycles. The van der Waals surface area contributed by atoms with Gasteiger partial charge < -0.3 is 10.1 Å². The van der Waals surface area contributed by atoms with E-state index in [1.807, 2.05) is 12.3 Å². The predicted octanol–water partition coefficient (Wildman–Crippen LogP) is 2.48. The minimum atomic E-state index is 0.342. The second-order valence-electron chi connectivity index (χ2n) is 6.34. The van der Waals surface area contributed by atoms with Gasteiger partial charge in [-0.2, -0.15) is 0 Å². The molecule has 0 radical (unpaired) electrons. The molecule has 1 aromatic heterocycles. The van der Waals surface area contributed by atoms with Gasteiger partial charge >= 0.3 is 0 Å². The average Bonchev–Trinajstić information content (AvgIpc) is 2.52. The van der Waals surface area contributed by atoms with Crippen LogP contribution < -0.4 is 5.32 Å². The molecule has 1 saturated heterocycles. The van der Waals surface area contributed by atoms with Crippen LogP contribution >= 0.6 is 0 Å². The van der Waals surface area contributed by atoms with Crippen molar-refractivity contribution in [3.05, 3.63) is 30.1 Å². The van der Waals surface area contributed by atoms with Crippen LogP contribution in [-0.4, -0.2) is 48.8 Å². The van der Waals surface area contributed by atoms with Crippen molar-refractivity contribution in [3.63, 3.8) is 0 Å². The fraction of sp³-hybridized carbons (Fsp3) is 0.706. The van der Waals surface area contributed by atoms with E-state index in [4.69, 9.17) is 4.74 Å². The van der Waals surface area contributed by atoms with Crippen molar-refractivity contribution in [1.82, 2.24) is 15.2 Å². The summed E-state index contributed by atoms with van der Waals surface area (Å²) in [4.78, 5) is 7.03. The third-order valence-electron chi connectivity index (χ3n) is 4.08. The van der Waals surface area contributed by atoms with Gasteiger partial charge in [0.2, 0.25) is 0 Å². The van der Waals surface area contributed by atoms with E-state index in [0.717, 1.165) is 45.0 Å². The summed E-state index contributed by atoms with van der Waals surface area (Å²) in [5.74, 6) is 0.656. The highest BCUT2D eigenvalue weighted by Gasteiger charge is 2.19. The number of nitrogens with zero attached hydrogens (tertiary/aromatic N) is 2. The lowest BCUT2D eigenvalue weighted by Crippen LogP contribution is -2.47. The van der Waals surface area contributed by atoms with Crippen LogP contribution in [0.1, 0.15) is 38.9 Å². The second kappa shape index (κ2) is 8.47. The lowest BCUT2D eigenvalue weighted by atomic mass is 10.0. The molecule has 0 aliphatic carbocycles. The first-order chi connectivity index (χ1) is 10.2. The standard InChI is InChI=1S/C17H29N3O/c1-14(2)12-17(16-6-4-5-7-18-16)19-13-15(3)20-8-10-21-11-9-20/h4-7,14-15,17,19H,8-13H2,1-3H3/t15-,17-/m0/s1.